The zero-order valence-corrected chi connectivity index (χ0v) is 17.4. The summed E-state index contributed by atoms with van der Waals surface area (Å²) >= 11 is 6.01. The van der Waals surface area contributed by atoms with Gasteiger partial charge < -0.3 is 19.5 Å². The lowest BCUT2D eigenvalue weighted by atomic mass is 10.0. The minimum absolute atomic E-state index is 0.178. The van der Waals surface area contributed by atoms with Crippen molar-refractivity contribution in [2.75, 3.05) is 11.9 Å². The smallest absolute Gasteiger partial charge is 0.322 e. The monoisotopic (exact) mass is 426 g/mol. The number of likely N-dealkylation sites (tertiary alicyclic amines) is 1. The van der Waals surface area contributed by atoms with Crippen molar-refractivity contribution >= 4 is 23.3 Å². The van der Waals surface area contributed by atoms with E-state index in [4.69, 9.17) is 20.9 Å². The van der Waals surface area contributed by atoms with Crippen molar-refractivity contribution in [1.82, 2.24) is 15.0 Å². The lowest BCUT2D eigenvalue weighted by Gasteiger charge is -2.33. The first-order valence-corrected chi connectivity index (χ1v) is 10.3. The first-order valence-electron chi connectivity index (χ1n) is 9.93. The van der Waals surface area contributed by atoms with E-state index in [0.717, 1.165) is 30.6 Å². The number of amides is 2. The van der Waals surface area contributed by atoms with E-state index in [-0.39, 0.29) is 18.7 Å². The molecular weight excluding hydrogens is 404 g/mol. The van der Waals surface area contributed by atoms with E-state index in [0.29, 0.717) is 29.0 Å². The second kappa shape index (κ2) is 9.17. The molecule has 2 aromatic carbocycles. The Morgan fingerprint density at radius 1 is 1.27 bits per heavy atom. The van der Waals surface area contributed by atoms with Crippen molar-refractivity contribution < 1.29 is 14.1 Å². The molecule has 0 bridgehead atoms. The summed E-state index contributed by atoms with van der Waals surface area (Å²) in [5.41, 5.74) is 1.81. The van der Waals surface area contributed by atoms with Crippen LogP contribution in [0.4, 0.5) is 10.5 Å². The van der Waals surface area contributed by atoms with Gasteiger partial charge in [0.25, 0.3) is 5.89 Å². The number of hydrogen-bond donors (Lipinski definition) is 1. The highest BCUT2D eigenvalue weighted by atomic mass is 35.5. The van der Waals surface area contributed by atoms with Gasteiger partial charge in [0.1, 0.15) is 5.75 Å². The number of urea groups is 1. The maximum Gasteiger partial charge on any atom is 0.322 e. The van der Waals surface area contributed by atoms with Crippen LogP contribution < -0.4 is 10.1 Å². The maximum atomic E-state index is 12.9. The van der Waals surface area contributed by atoms with E-state index in [1.54, 1.807) is 29.2 Å². The second-order valence-corrected chi connectivity index (χ2v) is 7.73. The van der Waals surface area contributed by atoms with Crippen LogP contribution >= 0.6 is 11.6 Å². The van der Waals surface area contributed by atoms with Gasteiger partial charge in [-0.2, -0.15) is 4.98 Å². The Kier molecular flexibility index (Phi) is 6.18. The minimum atomic E-state index is -0.241. The topological polar surface area (TPSA) is 80.5 Å². The lowest BCUT2D eigenvalue weighted by molar-refractivity contribution is 0.157. The second-order valence-electron chi connectivity index (χ2n) is 7.29. The molecule has 1 fully saturated rings. The van der Waals surface area contributed by atoms with Crippen LogP contribution in [0.5, 0.6) is 5.75 Å². The number of aryl methyl sites for hydroxylation is 1. The van der Waals surface area contributed by atoms with Crippen LogP contribution in [-0.2, 0) is 6.61 Å². The number of carbonyl (C=O) groups excluding carboxylic acids is 1. The number of halogens is 1. The zero-order chi connectivity index (χ0) is 20.9. The lowest BCUT2D eigenvalue weighted by Crippen LogP contribution is -2.41. The number of ether oxygens (including phenoxy) is 1. The number of nitrogens with one attached hydrogen (secondary N) is 1. The first kappa shape index (κ1) is 20.2. The van der Waals surface area contributed by atoms with E-state index >= 15 is 0 Å². The summed E-state index contributed by atoms with van der Waals surface area (Å²) in [5, 5.41) is 7.58. The normalized spacial score (nSPS) is 16.3. The Labute approximate surface area is 180 Å². The molecule has 7 nitrogen and oxygen atoms in total. The molecule has 4 rings (SSSR count). The predicted octanol–water partition coefficient (Wildman–Crippen LogP) is 5.37. The van der Waals surface area contributed by atoms with Crippen molar-refractivity contribution in [3.05, 3.63) is 70.8 Å². The molecule has 0 aliphatic carbocycles. The van der Waals surface area contributed by atoms with Crippen molar-refractivity contribution in [1.29, 1.82) is 0 Å². The molecule has 30 heavy (non-hydrogen) atoms. The summed E-state index contributed by atoms with van der Waals surface area (Å²) in [6.07, 6.45) is 2.71. The van der Waals surface area contributed by atoms with Crippen molar-refractivity contribution in [2.45, 2.75) is 38.8 Å². The van der Waals surface area contributed by atoms with Crippen molar-refractivity contribution in [3.8, 4) is 5.75 Å². The van der Waals surface area contributed by atoms with Crippen LogP contribution in [0.3, 0.4) is 0 Å². The summed E-state index contributed by atoms with van der Waals surface area (Å²) in [6.45, 7) is 2.82. The number of hydrogen-bond acceptors (Lipinski definition) is 5. The number of nitrogens with zero attached hydrogens (tertiary/aromatic N) is 3. The fourth-order valence-corrected chi connectivity index (χ4v) is 3.64. The maximum absolute atomic E-state index is 12.9. The Balaban J connectivity index is 1.42. The highest BCUT2D eigenvalue weighted by molar-refractivity contribution is 6.30. The minimum Gasteiger partial charge on any atom is -0.484 e. The molecule has 1 atom stereocenters. The third kappa shape index (κ3) is 4.91. The zero-order valence-electron chi connectivity index (χ0n) is 16.7. The third-order valence-corrected chi connectivity index (χ3v) is 5.24. The van der Waals surface area contributed by atoms with E-state index < -0.39 is 0 Å². The van der Waals surface area contributed by atoms with Gasteiger partial charge >= 0.3 is 6.03 Å². The number of rotatable bonds is 5. The van der Waals surface area contributed by atoms with E-state index in [1.165, 1.54) is 0 Å². The Morgan fingerprint density at radius 2 is 2.10 bits per heavy atom. The SMILES string of the molecule is Cc1ccc(OCc2nc(C3CCCCN3C(=O)Nc3cccc(Cl)c3)no2)cc1. The molecule has 1 N–H and O–H groups in total. The highest BCUT2D eigenvalue weighted by Crippen LogP contribution is 2.30. The Morgan fingerprint density at radius 3 is 2.90 bits per heavy atom. The standard InChI is InChI=1S/C22H23ClN4O3/c1-15-8-10-18(11-9-15)29-14-20-25-21(26-30-20)19-7-2-3-12-27(19)22(28)24-17-6-4-5-16(23)13-17/h4-6,8-11,13,19H,2-3,7,12,14H2,1H3,(H,24,28). The molecule has 3 aromatic rings. The summed E-state index contributed by atoms with van der Waals surface area (Å²) < 4.78 is 11.1. The third-order valence-electron chi connectivity index (χ3n) is 5.00. The number of benzene rings is 2. The van der Waals surface area contributed by atoms with Gasteiger partial charge in [0.05, 0.1) is 6.04 Å². The first-order chi connectivity index (χ1) is 14.6. The fraction of sp³-hybridized carbons (Fsp3) is 0.318. The van der Waals surface area contributed by atoms with Crippen molar-refractivity contribution in [2.24, 2.45) is 0 Å². The molecule has 1 unspecified atom stereocenters. The molecular formula is C22H23ClN4O3. The number of piperidine rings is 1. The molecule has 1 aromatic heterocycles. The molecule has 0 spiro atoms. The number of carbonyl (C=O) groups is 1. The summed E-state index contributed by atoms with van der Waals surface area (Å²) in [4.78, 5) is 19.1. The molecule has 1 aliphatic rings. The van der Waals surface area contributed by atoms with Crippen LogP contribution in [-0.4, -0.2) is 27.6 Å². The van der Waals surface area contributed by atoms with Crippen LogP contribution in [0.25, 0.3) is 0 Å². The van der Waals surface area contributed by atoms with Gasteiger partial charge in [-0.1, -0.05) is 40.5 Å². The van der Waals surface area contributed by atoms with Gasteiger partial charge in [-0.05, 0) is 56.5 Å². The Hall–Kier alpha value is -3.06. The van der Waals surface area contributed by atoms with Crippen LogP contribution in [0.15, 0.2) is 53.1 Å². The van der Waals surface area contributed by atoms with E-state index in [9.17, 15) is 4.79 Å². The van der Waals surface area contributed by atoms with Crippen LogP contribution in [0.1, 0.15) is 42.6 Å². The molecule has 1 aliphatic heterocycles. The molecule has 0 saturated carbocycles. The largest absolute Gasteiger partial charge is 0.484 e. The summed E-state index contributed by atoms with van der Waals surface area (Å²) in [6, 6.07) is 14.4. The number of aromatic nitrogens is 2. The average molecular weight is 427 g/mol. The van der Waals surface area contributed by atoms with Crippen LogP contribution in [0, 0.1) is 6.92 Å². The van der Waals surface area contributed by atoms with Gasteiger partial charge in [0.15, 0.2) is 12.4 Å². The molecule has 2 amide bonds. The van der Waals surface area contributed by atoms with E-state index in [1.807, 2.05) is 31.2 Å². The molecule has 8 heteroatoms. The fourth-order valence-electron chi connectivity index (χ4n) is 3.45. The quantitative estimate of drug-likeness (QED) is 0.593. The summed E-state index contributed by atoms with van der Waals surface area (Å²) in [5.74, 6) is 1.62. The highest BCUT2D eigenvalue weighted by Gasteiger charge is 2.31. The van der Waals surface area contributed by atoms with Gasteiger partial charge in [-0.15, -0.1) is 0 Å². The number of anilines is 1. The van der Waals surface area contributed by atoms with Gasteiger partial charge in [-0.3, -0.25) is 0 Å². The van der Waals surface area contributed by atoms with Gasteiger partial charge in [0, 0.05) is 17.3 Å². The molecule has 2 heterocycles. The summed E-state index contributed by atoms with van der Waals surface area (Å²) in [7, 11) is 0. The van der Waals surface area contributed by atoms with Crippen LogP contribution in [0.2, 0.25) is 5.02 Å². The van der Waals surface area contributed by atoms with E-state index in [2.05, 4.69) is 15.5 Å². The van der Waals surface area contributed by atoms with Gasteiger partial charge in [0.2, 0.25) is 0 Å². The molecule has 0 radical (unpaired) electrons. The average Bonchev–Trinajstić information content (AvgIpc) is 3.22. The molecule has 156 valence electrons. The van der Waals surface area contributed by atoms with Gasteiger partial charge in [-0.25, -0.2) is 4.79 Å². The Bertz CT molecular complexity index is 1010. The molecule has 1 saturated heterocycles. The predicted molar refractivity (Wildman–Crippen MR) is 114 cm³/mol. The van der Waals surface area contributed by atoms with Crippen molar-refractivity contribution in [3.63, 3.8) is 0 Å².